The summed E-state index contributed by atoms with van der Waals surface area (Å²) in [6.07, 6.45) is -5.74. The minimum atomic E-state index is -2.37. The second kappa shape index (κ2) is 10.4. The number of fused-ring (bicyclic) bond motifs is 5. The standard InChI is InChI=1S/C31H46O11Si/c1-10-43(11-2,12-3)42-20-13-21-30(15-37-21,40-18(6)33)24-26-31(41-27(36)39-26)14-19(34)16(4)22(28(31,7)8)23(38-17(5)32)25(35)29(20,24)9/h19-21,23-24,26,34H,10-15H2,1-9H3/t19-,20-,21+,23+,24-,26-,29+,30-,31+/m0/s1. The molecule has 0 radical (unpaired) electrons. The molecule has 12 heteroatoms. The third kappa shape index (κ3) is 4.22. The van der Waals surface area contributed by atoms with E-state index in [1.807, 2.05) is 13.8 Å². The van der Waals surface area contributed by atoms with E-state index >= 15 is 4.79 Å². The second-order valence-electron chi connectivity index (χ2n) is 13.8. The maximum Gasteiger partial charge on any atom is 0.509 e. The first-order valence-electron chi connectivity index (χ1n) is 15.5. The van der Waals surface area contributed by atoms with Crippen molar-refractivity contribution < 1.29 is 52.4 Å². The van der Waals surface area contributed by atoms with Gasteiger partial charge in [-0.25, -0.2) is 4.79 Å². The normalized spacial score (nSPS) is 41.3. The van der Waals surface area contributed by atoms with E-state index in [9.17, 15) is 19.5 Å². The lowest BCUT2D eigenvalue weighted by Crippen LogP contribution is -2.81. The van der Waals surface area contributed by atoms with Gasteiger partial charge >= 0.3 is 18.1 Å². The Morgan fingerprint density at radius 2 is 1.67 bits per heavy atom. The molecule has 11 nitrogen and oxygen atoms in total. The Labute approximate surface area is 254 Å². The molecule has 0 unspecified atom stereocenters. The predicted molar refractivity (Wildman–Crippen MR) is 154 cm³/mol. The summed E-state index contributed by atoms with van der Waals surface area (Å²) in [7, 11) is -2.37. The van der Waals surface area contributed by atoms with Crippen molar-refractivity contribution in [1.82, 2.24) is 0 Å². The molecule has 0 aromatic rings. The first kappa shape index (κ1) is 32.1. The van der Waals surface area contributed by atoms with Crippen LogP contribution in [0, 0.1) is 16.7 Å². The molecule has 0 amide bonds. The van der Waals surface area contributed by atoms with Crippen molar-refractivity contribution in [3.63, 3.8) is 0 Å². The van der Waals surface area contributed by atoms with Crippen LogP contribution in [-0.4, -0.2) is 85.6 Å². The van der Waals surface area contributed by atoms with E-state index in [0.717, 1.165) is 18.1 Å². The zero-order chi connectivity index (χ0) is 31.9. The largest absolute Gasteiger partial charge is 0.509 e. The van der Waals surface area contributed by atoms with Crippen LogP contribution in [-0.2, 0) is 42.5 Å². The number of aliphatic hydroxyl groups is 1. The first-order valence-corrected chi connectivity index (χ1v) is 18.0. The Bertz CT molecular complexity index is 1250. The summed E-state index contributed by atoms with van der Waals surface area (Å²) in [5.41, 5.74) is -4.61. The van der Waals surface area contributed by atoms with Gasteiger partial charge in [0, 0.05) is 32.1 Å². The summed E-state index contributed by atoms with van der Waals surface area (Å²) in [5.74, 6) is -2.69. The van der Waals surface area contributed by atoms with E-state index < -0.39 is 90.7 Å². The number of rotatable bonds is 7. The molecule has 2 saturated carbocycles. The summed E-state index contributed by atoms with van der Waals surface area (Å²) < 4.78 is 37.4. The zero-order valence-corrected chi connectivity index (χ0v) is 27.7. The predicted octanol–water partition coefficient (Wildman–Crippen LogP) is 4.00. The van der Waals surface area contributed by atoms with Gasteiger partial charge in [0.2, 0.25) is 0 Å². The third-order valence-electron chi connectivity index (χ3n) is 11.7. The Hall–Kier alpha value is -2.28. The lowest BCUT2D eigenvalue weighted by atomic mass is 9.44. The molecule has 240 valence electrons. The van der Waals surface area contributed by atoms with Crippen LogP contribution in [0.3, 0.4) is 0 Å². The first-order chi connectivity index (χ1) is 20.0. The number of carbonyl (C=O) groups is 4. The molecule has 43 heavy (non-hydrogen) atoms. The average molecular weight is 623 g/mol. The molecule has 4 fully saturated rings. The fourth-order valence-corrected chi connectivity index (χ4v) is 12.0. The monoisotopic (exact) mass is 622 g/mol. The van der Waals surface area contributed by atoms with E-state index in [4.69, 9.17) is 28.1 Å². The van der Waals surface area contributed by atoms with E-state index in [1.54, 1.807) is 13.8 Å². The van der Waals surface area contributed by atoms with Gasteiger partial charge in [0.1, 0.15) is 6.10 Å². The van der Waals surface area contributed by atoms with Crippen LogP contribution in [0.25, 0.3) is 0 Å². The fraction of sp³-hybridized carbons (Fsp3) is 0.806. The molecule has 9 atom stereocenters. The molecule has 2 heterocycles. The van der Waals surface area contributed by atoms with E-state index in [-0.39, 0.29) is 19.4 Å². The topological polar surface area (TPSA) is 144 Å². The quantitative estimate of drug-likeness (QED) is 0.190. The zero-order valence-electron chi connectivity index (χ0n) is 26.7. The lowest BCUT2D eigenvalue weighted by Gasteiger charge is -2.67. The smallest absolute Gasteiger partial charge is 0.454 e. The Balaban J connectivity index is 1.86. The molecular weight excluding hydrogens is 576 g/mol. The number of Topliss-reactive ketones (excluding diaryl/α,β-unsaturated/α-hetero) is 1. The number of ketones is 1. The highest BCUT2D eigenvalue weighted by molar-refractivity contribution is 6.73. The molecule has 3 aliphatic carbocycles. The number of hydrogen-bond donors (Lipinski definition) is 1. The van der Waals surface area contributed by atoms with Crippen LogP contribution in [0.2, 0.25) is 18.1 Å². The van der Waals surface area contributed by atoms with Crippen molar-refractivity contribution in [2.24, 2.45) is 16.7 Å². The minimum Gasteiger partial charge on any atom is -0.454 e. The van der Waals surface area contributed by atoms with Gasteiger partial charge in [0.15, 0.2) is 37.5 Å². The number of ether oxygens (including phenoxy) is 5. The Morgan fingerprint density at radius 1 is 1.05 bits per heavy atom. The number of aliphatic hydroxyl groups excluding tert-OH is 1. The van der Waals surface area contributed by atoms with Crippen LogP contribution in [0.5, 0.6) is 0 Å². The summed E-state index contributed by atoms with van der Waals surface area (Å²) in [6, 6.07) is 2.44. The van der Waals surface area contributed by atoms with Gasteiger partial charge < -0.3 is 33.2 Å². The van der Waals surface area contributed by atoms with Gasteiger partial charge in [0.25, 0.3) is 0 Å². The Morgan fingerprint density at radius 3 is 2.19 bits per heavy atom. The van der Waals surface area contributed by atoms with Gasteiger partial charge in [-0.05, 0) is 43.1 Å². The van der Waals surface area contributed by atoms with E-state index in [0.29, 0.717) is 11.1 Å². The lowest BCUT2D eigenvalue weighted by molar-refractivity contribution is -0.335. The molecule has 1 N–H and O–H groups in total. The van der Waals surface area contributed by atoms with Crippen molar-refractivity contribution in [3.8, 4) is 0 Å². The number of hydrogen-bond acceptors (Lipinski definition) is 11. The van der Waals surface area contributed by atoms with Crippen molar-refractivity contribution in [2.45, 2.75) is 135 Å². The highest BCUT2D eigenvalue weighted by atomic mass is 28.4. The third-order valence-corrected chi connectivity index (χ3v) is 16.4. The van der Waals surface area contributed by atoms with Crippen LogP contribution < -0.4 is 0 Å². The highest BCUT2D eigenvalue weighted by Gasteiger charge is 2.81. The van der Waals surface area contributed by atoms with Crippen LogP contribution in [0.1, 0.15) is 75.2 Å². The molecule has 5 rings (SSSR count). The minimum absolute atomic E-state index is 0.0237. The Kier molecular flexibility index (Phi) is 7.76. The van der Waals surface area contributed by atoms with Crippen LogP contribution in [0.15, 0.2) is 11.1 Å². The maximum atomic E-state index is 15.3. The van der Waals surface area contributed by atoms with E-state index in [2.05, 4.69) is 20.8 Å². The van der Waals surface area contributed by atoms with Crippen molar-refractivity contribution in [1.29, 1.82) is 0 Å². The second-order valence-corrected chi connectivity index (χ2v) is 18.5. The van der Waals surface area contributed by atoms with E-state index in [1.165, 1.54) is 13.8 Å². The van der Waals surface area contributed by atoms with Gasteiger partial charge in [-0.3, -0.25) is 14.4 Å². The summed E-state index contributed by atoms with van der Waals surface area (Å²) in [5, 5.41) is 11.4. The number of esters is 2. The van der Waals surface area contributed by atoms with Crippen molar-refractivity contribution in [2.75, 3.05) is 6.61 Å². The average Bonchev–Trinajstić information content (AvgIpc) is 3.25. The fourth-order valence-electron chi connectivity index (χ4n) is 9.08. The molecule has 2 saturated heterocycles. The molecule has 5 aliphatic rings. The maximum absolute atomic E-state index is 15.3. The van der Waals surface area contributed by atoms with Crippen molar-refractivity contribution >= 4 is 32.2 Å². The molecule has 2 bridgehead atoms. The summed E-state index contributed by atoms with van der Waals surface area (Å²) in [6.45, 7) is 15.9. The summed E-state index contributed by atoms with van der Waals surface area (Å²) >= 11 is 0. The van der Waals surface area contributed by atoms with Gasteiger partial charge in [-0.2, -0.15) is 0 Å². The molecule has 1 spiro atoms. The summed E-state index contributed by atoms with van der Waals surface area (Å²) in [4.78, 5) is 54.0. The highest BCUT2D eigenvalue weighted by Crippen LogP contribution is 2.67. The molecule has 0 aromatic heterocycles. The molecule has 2 aliphatic heterocycles. The van der Waals surface area contributed by atoms with Crippen LogP contribution in [0.4, 0.5) is 4.79 Å². The van der Waals surface area contributed by atoms with Crippen molar-refractivity contribution in [3.05, 3.63) is 11.1 Å². The van der Waals surface area contributed by atoms with Crippen LogP contribution >= 0.6 is 0 Å². The molecular formula is C31H46O11Si. The molecule has 0 aromatic carbocycles. The van der Waals surface area contributed by atoms with Gasteiger partial charge in [0.05, 0.1) is 30.1 Å². The van der Waals surface area contributed by atoms with Gasteiger partial charge in [-0.15, -0.1) is 0 Å². The SMILES string of the molecule is CC[Si](CC)(CC)O[C@H]1C[C@H]2OC[C@@]2(OC(C)=O)[C@H]2[C@@H]3OC(=O)O[C@]34C[C@H](O)C(C)=C([C@@H](OC(C)=O)C(=O)[C@]12C)C4(C)C. The number of carbonyl (C=O) groups excluding carboxylic acids is 4. The van der Waals surface area contributed by atoms with Gasteiger partial charge in [-0.1, -0.05) is 34.6 Å².